The number of amides is 1. The topological polar surface area (TPSA) is 90.9 Å². The number of phenolic OH excluding ortho intramolecular Hbond substituents is 1. The predicted molar refractivity (Wildman–Crippen MR) is 90.6 cm³/mol. The van der Waals surface area contributed by atoms with E-state index in [1.54, 1.807) is 18.5 Å². The average Bonchev–Trinajstić information content (AvgIpc) is 3.07. The molecule has 0 fully saturated rings. The van der Waals surface area contributed by atoms with Gasteiger partial charge in [-0.1, -0.05) is 6.07 Å². The van der Waals surface area contributed by atoms with E-state index in [1.807, 2.05) is 38.1 Å². The second-order valence-electron chi connectivity index (χ2n) is 5.68. The van der Waals surface area contributed by atoms with Crippen LogP contribution in [0.15, 0.2) is 42.7 Å². The molecular weight excluding hydrogens is 304 g/mol. The first kappa shape index (κ1) is 15.7. The van der Waals surface area contributed by atoms with E-state index in [-0.39, 0.29) is 11.7 Å². The van der Waals surface area contributed by atoms with Gasteiger partial charge in [-0.15, -0.1) is 0 Å². The number of aryl methyl sites for hydroxylation is 2. The number of aromatic nitrogens is 3. The highest BCUT2D eigenvalue weighted by molar-refractivity contribution is 5.93. The van der Waals surface area contributed by atoms with Gasteiger partial charge in [0.2, 0.25) is 0 Å². The fourth-order valence-corrected chi connectivity index (χ4v) is 2.51. The first-order chi connectivity index (χ1) is 11.5. The summed E-state index contributed by atoms with van der Waals surface area (Å²) in [6, 6.07) is 9.05. The molecule has 6 heteroatoms. The summed E-state index contributed by atoms with van der Waals surface area (Å²) in [5.41, 5.74) is 4.25. The molecule has 1 amide bonds. The first-order valence-electron chi connectivity index (χ1n) is 7.57. The maximum absolute atomic E-state index is 12.2. The van der Waals surface area contributed by atoms with Gasteiger partial charge in [-0.25, -0.2) is 0 Å². The van der Waals surface area contributed by atoms with Crippen LogP contribution < -0.4 is 5.32 Å². The molecule has 2 aromatic heterocycles. The fourth-order valence-electron chi connectivity index (χ4n) is 2.51. The molecule has 24 heavy (non-hydrogen) atoms. The lowest BCUT2D eigenvalue weighted by Crippen LogP contribution is -2.23. The van der Waals surface area contributed by atoms with E-state index in [4.69, 9.17) is 0 Å². The molecule has 2 heterocycles. The van der Waals surface area contributed by atoms with Gasteiger partial charge >= 0.3 is 0 Å². The molecule has 0 aliphatic heterocycles. The molecule has 0 atom stereocenters. The Morgan fingerprint density at radius 3 is 2.71 bits per heavy atom. The Morgan fingerprint density at radius 2 is 1.96 bits per heavy atom. The van der Waals surface area contributed by atoms with Gasteiger partial charge in [0, 0.05) is 24.5 Å². The van der Waals surface area contributed by atoms with E-state index in [1.165, 1.54) is 0 Å². The molecule has 6 nitrogen and oxygen atoms in total. The number of hydrogen-bond acceptors (Lipinski definition) is 4. The molecule has 0 aliphatic carbocycles. The number of carbonyl (C=O) groups is 1. The summed E-state index contributed by atoms with van der Waals surface area (Å²) in [4.78, 5) is 16.2. The highest BCUT2D eigenvalue weighted by atomic mass is 16.3. The van der Waals surface area contributed by atoms with Crippen LogP contribution in [-0.2, 0) is 6.54 Å². The van der Waals surface area contributed by atoms with Crippen molar-refractivity contribution in [3.63, 3.8) is 0 Å². The lowest BCUT2D eigenvalue weighted by molar-refractivity contribution is 0.0946. The number of nitrogens with one attached hydrogen (secondary N) is 2. The van der Waals surface area contributed by atoms with Crippen LogP contribution >= 0.6 is 0 Å². The van der Waals surface area contributed by atoms with E-state index in [0.717, 1.165) is 16.7 Å². The maximum atomic E-state index is 12.2. The highest BCUT2D eigenvalue weighted by Crippen LogP contribution is 2.32. The van der Waals surface area contributed by atoms with Crippen molar-refractivity contribution in [2.24, 2.45) is 0 Å². The second kappa shape index (κ2) is 6.54. The van der Waals surface area contributed by atoms with Crippen molar-refractivity contribution >= 4 is 5.91 Å². The molecule has 0 spiro atoms. The molecule has 0 radical (unpaired) electrons. The normalized spacial score (nSPS) is 10.6. The van der Waals surface area contributed by atoms with Gasteiger partial charge in [0.25, 0.3) is 5.91 Å². The standard InChI is InChI=1S/C18H18N4O2/c1-11-7-12(2)17(23)14(8-11)15-9-16(22-21-15)18(24)20-10-13-3-5-19-6-4-13/h3-9,23H,10H2,1-2H3,(H,20,24)(H,21,22). The number of hydrogen-bond donors (Lipinski definition) is 3. The van der Waals surface area contributed by atoms with Crippen LogP contribution in [0.5, 0.6) is 5.75 Å². The lowest BCUT2D eigenvalue weighted by Gasteiger charge is -2.06. The molecule has 0 aliphatic rings. The van der Waals surface area contributed by atoms with Crippen LogP contribution in [0.25, 0.3) is 11.3 Å². The summed E-state index contributed by atoms with van der Waals surface area (Å²) >= 11 is 0. The number of pyridine rings is 1. The van der Waals surface area contributed by atoms with E-state index in [0.29, 0.717) is 23.5 Å². The number of H-pyrrole nitrogens is 1. The zero-order chi connectivity index (χ0) is 17.1. The Balaban J connectivity index is 1.77. The number of benzene rings is 1. The van der Waals surface area contributed by atoms with Crippen LogP contribution in [-0.4, -0.2) is 26.2 Å². The van der Waals surface area contributed by atoms with Crippen LogP contribution in [0.4, 0.5) is 0 Å². The number of rotatable bonds is 4. The summed E-state index contributed by atoms with van der Waals surface area (Å²) in [5.74, 6) is -0.0785. The number of carbonyl (C=O) groups excluding carboxylic acids is 1. The van der Waals surface area contributed by atoms with Crippen molar-refractivity contribution in [1.82, 2.24) is 20.5 Å². The van der Waals surface area contributed by atoms with Crippen molar-refractivity contribution in [3.05, 3.63) is 65.1 Å². The molecule has 0 saturated heterocycles. The van der Waals surface area contributed by atoms with E-state index in [9.17, 15) is 9.90 Å². The Hall–Kier alpha value is -3.15. The molecule has 0 bridgehead atoms. The van der Waals surface area contributed by atoms with Crippen molar-refractivity contribution < 1.29 is 9.90 Å². The van der Waals surface area contributed by atoms with Gasteiger partial charge in [-0.3, -0.25) is 14.9 Å². The number of nitrogens with zero attached hydrogens (tertiary/aromatic N) is 2. The van der Waals surface area contributed by atoms with Gasteiger partial charge in [-0.05, 0) is 54.8 Å². The summed E-state index contributed by atoms with van der Waals surface area (Å²) in [5, 5.41) is 19.9. The number of phenols is 1. The molecular formula is C18H18N4O2. The number of aromatic hydroxyl groups is 1. The van der Waals surface area contributed by atoms with Crippen LogP contribution in [0.1, 0.15) is 27.2 Å². The van der Waals surface area contributed by atoms with Crippen molar-refractivity contribution in [2.75, 3.05) is 0 Å². The van der Waals surface area contributed by atoms with Gasteiger partial charge < -0.3 is 10.4 Å². The fraction of sp³-hybridized carbons (Fsp3) is 0.167. The Bertz CT molecular complexity index is 872. The smallest absolute Gasteiger partial charge is 0.269 e. The Labute approximate surface area is 139 Å². The molecule has 3 N–H and O–H groups in total. The summed E-state index contributed by atoms with van der Waals surface area (Å²) in [6.07, 6.45) is 3.36. The first-order valence-corrected chi connectivity index (χ1v) is 7.57. The highest BCUT2D eigenvalue weighted by Gasteiger charge is 2.14. The zero-order valence-corrected chi connectivity index (χ0v) is 13.5. The molecule has 122 valence electrons. The maximum Gasteiger partial charge on any atom is 0.269 e. The van der Waals surface area contributed by atoms with Crippen molar-refractivity contribution in [3.8, 4) is 17.0 Å². The van der Waals surface area contributed by atoms with Crippen LogP contribution in [0, 0.1) is 13.8 Å². The molecule has 1 aromatic carbocycles. The zero-order valence-electron chi connectivity index (χ0n) is 13.5. The van der Waals surface area contributed by atoms with Crippen LogP contribution in [0.3, 0.4) is 0 Å². The minimum Gasteiger partial charge on any atom is -0.507 e. The van der Waals surface area contributed by atoms with E-state index < -0.39 is 0 Å². The van der Waals surface area contributed by atoms with Gasteiger partial charge in [0.1, 0.15) is 11.4 Å². The third-order valence-electron chi connectivity index (χ3n) is 3.75. The average molecular weight is 322 g/mol. The summed E-state index contributed by atoms with van der Waals surface area (Å²) < 4.78 is 0. The van der Waals surface area contributed by atoms with Gasteiger partial charge in [0.05, 0.1) is 5.69 Å². The number of aromatic amines is 1. The SMILES string of the molecule is Cc1cc(C)c(O)c(-c2cc(C(=O)NCc3ccncc3)[nH]n2)c1. The van der Waals surface area contributed by atoms with E-state index >= 15 is 0 Å². The quantitative estimate of drug-likeness (QED) is 0.689. The second-order valence-corrected chi connectivity index (χ2v) is 5.68. The minimum atomic E-state index is -0.255. The Morgan fingerprint density at radius 1 is 1.21 bits per heavy atom. The van der Waals surface area contributed by atoms with Crippen LogP contribution in [0.2, 0.25) is 0 Å². The largest absolute Gasteiger partial charge is 0.507 e. The molecule has 3 rings (SSSR count). The predicted octanol–water partition coefficient (Wildman–Crippen LogP) is 2.72. The molecule has 3 aromatic rings. The molecule has 0 unspecified atom stereocenters. The summed E-state index contributed by atoms with van der Waals surface area (Å²) in [7, 11) is 0. The van der Waals surface area contributed by atoms with Crippen molar-refractivity contribution in [1.29, 1.82) is 0 Å². The van der Waals surface area contributed by atoms with E-state index in [2.05, 4.69) is 20.5 Å². The molecule has 0 saturated carbocycles. The van der Waals surface area contributed by atoms with Gasteiger partial charge in [0.15, 0.2) is 0 Å². The lowest BCUT2D eigenvalue weighted by atomic mass is 10.0. The third-order valence-corrected chi connectivity index (χ3v) is 3.75. The van der Waals surface area contributed by atoms with Gasteiger partial charge in [-0.2, -0.15) is 5.10 Å². The van der Waals surface area contributed by atoms with Crippen molar-refractivity contribution in [2.45, 2.75) is 20.4 Å². The Kier molecular flexibility index (Phi) is 4.29. The minimum absolute atomic E-state index is 0.177. The monoisotopic (exact) mass is 322 g/mol. The summed E-state index contributed by atoms with van der Waals surface area (Å²) in [6.45, 7) is 4.19. The third kappa shape index (κ3) is 3.27.